The Labute approximate surface area is 110 Å². The summed E-state index contributed by atoms with van der Waals surface area (Å²) in [6.07, 6.45) is 1.80. The van der Waals surface area contributed by atoms with Gasteiger partial charge in [-0.25, -0.2) is 0 Å². The Balaban J connectivity index is 1.76. The second-order valence-corrected chi connectivity index (χ2v) is 4.34. The maximum absolute atomic E-state index is 8.86. The normalized spacial score (nSPS) is 10.3. The minimum atomic E-state index is 0.685. The van der Waals surface area contributed by atoms with Crippen LogP contribution in [-0.2, 0) is 6.54 Å². The van der Waals surface area contributed by atoms with E-state index in [0.29, 0.717) is 12.1 Å². The van der Waals surface area contributed by atoms with Gasteiger partial charge in [-0.15, -0.1) is 0 Å². The number of hydrogen-bond acceptors (Lipinski definition) is 3. The summed E-state index contributed by atoms with van der Waals surface area (Å²) >= 11 is 0. The van der Waals surface area contributed by atoms with Crippen molar-refractivity contribution in [1.82, 2.24) is 10.2 Å². The number of aromatic amines is 1. The third kappa shape index (κ3) is 2.40. The molecule has 3 aromatic rings. The molecule has 0 fully saturated rings. The third-order valence-electron chi connectivity index (χ3n) is 2.99. The van der Waals surface area contributed by atoms with Crippen molar-refractivity contribution < 1.29 is 0 Å². The van der Waals surface area contributed by atoms with Crippen molar-refractivity contribution >= 4 is 16.6 Å². The summed E-state index contributed by atoms with van der Waals surface area (Å²) in [6, 6.07) is 15.8. The number of nitriles is 1. The number of fused-ring (bicyclic) bond motifs is 1. The van der Waals surface area contributed by atoms with E-state index in [2.05, 4.69) is 21.6 Å². The highest BCUT2D eigenvalue weighted by atomic mass is 15.1. The molecule has 2 N–H and O–H groups in total. The average Bonchev–Trinajstić information content (AvgIpc) is 2.93. The predicted molar refractivity (Wildman–Crippen MR) is 74.6 cm³/mol. The molecule has 2 aromatic carbocycles. The van der Waals surface area contributed by atoms with Crippen molar-refractivity contribution in [1.29, 1.82) is 5.26 Å². The predicted octanol–water partition coefficient (Wildman–Crippen LogP) is 3.05. The molecule has 0 saturated carbocycles. The number of nitrogens with zero attached hydrogens (tertiary/aromatic N) is 2. The van der Waals surface area contributed by atoms with Gasteiger partial charge >= 0.3 is 0 Å². The lowest BCUT2D eigenvalue weighted by Gasteiger charge is -2.06. The topological polar surface area (TPSA) is 64.5 Å². The van der Waals surface area contributed by atoms with E-state index in [4.69, 9.17) is 5.26 Å². The summed E-state index contributed by atoms with van der Waals surface area (Å²) in [7, 11) is 0. The third-order valence-corrected chi connectivity index (χ3v) is 2.99. The number of nitrogens with one attached hydrogen (secondary N) is 2. The van der Waals surface area contributed by atoms with Crippen molar-refractivity contribution in [3.05, 3.63) is 59.8 Å². The maximum Gasteiger partial charge on any atom is 0.0991 e. The lowest BCUT2D eigenvalue weighted by Crippen LogP contribution is -1.99. The van der Waals surface area contributed by atoms with Crippen molar-refractivity contribution in [3.8, 4) is 6.07 Å². The summed E-state index contributed by atoms with van der Waals surface area (Å²) in [6.45, 7) is 0.693. The largest absolute Gasteiger partial charge is 0.381 e. The summed E-state index contributed by atoms with van der Waals surface area (Å²) in [4.78, 5) is 0. The Kier molecular flexibility index (Phi) is 2.87. The monoisotopic (exact) mass is 248 g/mol. The number of aromatic nitrogens is 2. The van der Waals surface area contributed by atoms with Crippen molar-refractivity contribution in [2.24, 2.45) is 0 Å². The van der Waals surface area contributed by atoms with Crippen LogP contribution in [-0.4, -0.2) is 10.2 Å². The minimum Gasteiger partial charge on any atom is -0.381 e. The second-order valence-electron chi connectivity index (χ2n) is 4.34. The number of rotatable bonds is 3. The number of anilines is 1. The van der Waals surface area contributed by atoms with E-state index in [1.165, 1.54) is 0 Å². The highest BCUT2D eigenvalue weighted by molar-refractivity contribution is 5.81. The van der Waals surface area contributed by atoms with Crippen molar-refractivity contribution in [3.63, 3.8) is 0 Å². The minimum absolute atomic E-state index is 0.685. The van der Waals surface area contributed by atoms with E-state index in [-0.39, 0.29) is 0 Å². The molecule has 4 heteroatoms. The molecule has 0 spiro atoms. The Morgan fingerprint density at radius 1 is 1.21 bits per heavy atom. The zero-order valence-corrected chi connectivity index (χ0v) is 10.2. The molecular formula is C15H12N4. The van der Waals surface area contributed by atoms with Gasteiger partial charge in [0, 0.05) is 17.6 Å². The smallest absolute Gasteiger partial charge is 0.0991 e. The van der Waals surface area contributed by atoms with Crippen LogP contribution in [0.1, 0.15) is 11.1 Å². The zero-order chi connectivity index (χ0) is 13.1. The molecule has 0 saturated heterocycles. The van der Waals surface area contributed by atoms with Crippen LogP contribution < -0.4 is 5.32 Å². The fraction of sp³-hybridized carbons (Fsp3) is 0.0667. The van der Waals surface area contributed by atoms with Gasteiger partial charge in [0.1, 0.15) is 0 Å². The maximum atomic E-state index is 8.86. The molecule has 92 valence electrons. The van der Waals surface area contributed by atoms with E-state index >= 15 is 0 Å². The first-order valence-electron chi connectivity index (χ1n) is 6.01. The van der Waals surface area contributed by atoms with E-state index < -0.39 is 0 Å². The fourth-order valence-electron chi connectivity index (χ4n) is 2.01. The summed E-state index contributed by atoms with van der Waals surface area (Å²) in [5.41, 5.74) is 3.84. The Morgan fingerprint density at radius 3 is 3.05 bits per heavy atom. The molecule has 0 atom stereocenters. The molecule has 1 heterocycles. The van der Waals surface area contributed by atoms with Gasteiger partial charge in [-0.2, -0.15) is 10.4 Å². The summed E-state index contributed by atoms with van der Waals surface area (Å²) in [5, 5.41) is 20.2. The van der Waals surface area contributed by atoms with Crippen LogP contribution in [0.4, 0.5) is 5.69 Å². The van der Waals surface area contributed by atoms with E-state index in [1.54, 1.807) is 12.3 Å². The molecule has 4 nitrogen and oxygen atoms in total. The van der Waals surface area contributed by atoms with Crippen LogP contribution >= 0.6 is 0 Å². The van der Waals surface area contributed by atoms with Gasteiger partial charge in [-0.1, -0.05) is 12.1 Å². The van der Waals surface area contributed by atoms with Crippen LogP contribution in [0.5, 0.6) is 0 Å². The van der Waals surface area contributed by atoms with Gasteiger partial charge in [0.15, 0.2) is 0 Å². The lowest BCUT2D eigenvalue weighted by atomic mass is 10.1. The van der Waals surface area contributed by atoms with Crippen molar-refractivity contribution in [2.75, 3.05) is 5.32 Å². The molecule has 0 amide bonds. The Morgan fingerprint density at radius 2 is 2.16 bits per heavy atom. The summed E-state index contributed by atoms with van der Waals surface area (Å²) < 4.78 is 0. The molecule has 0 aliphatic heterocycles. The molecule has 0 radical (unpaired) electrons. The van der Waals surface area contributed by atoms with E-state index in [0.717, 1.165) is 22.2 Å². The number of H-pyrrole nitrogens is 1. The Hall–Kier alpha value is -2.80. The first-order valence-corrected chi connectivity index (χ1v) is 6.01. The van der Waals surface area contributed by atoms with Gasteiger partial charge in [-0.05, 0) is 35.9 Å². The summed E-state index contributed by atoms with van der Waals surface area (Å²) in [5.74, 6) is 0. The molecule has 0 aliphatic rings. The molecule has 0 unspecified atom stereocenters. The first kappa shape index (κ1) is 11.3. The fourth-order valence-corrected chi connectivity index (χ4v) is 2.01. The van der Waals surface area contributed by atoms with Gasteiger partial charge in [0.2, 0.25) is 0 Å². The zero-order valence-electron chi connectivity index (χ0n) is 10.2. The van der Waals surface area contributed by atoms with E-state index in [9.17, 15) is 0 Å². The molecular weight excluding hydrogens is 236 g/mol. The first-order chi connectivity index (χ1) is 9.35. The van der Waals surface area contributed by atoms with Crippen LogP contribution in [0.2, 0.25) is 0 Å². The van der Waals surface area contributed by atoms with E-state index in [1.807, 2.05) is 36.4 Å². The molecule has 0 aliphatic carbocycles. The van der Waals surface area contributed by atoms with Gasteiger partial charge in [0.05, 0.1) is 23.3 Å². The molecule has 19 heavy (non-hydrogen) atoms. The quantitative estimate of drug-likeness (QED) is 0.748. The van der Waals surface area contributed by atoms with Crippen molar-refractivity contribution in [2.45, 2.75) is 6.54 Å². The number of hydrogen-bond donors (Lipinski definition) is 2. The standard InChI is InChI=1S/C15H12N4/c16-8-11-2-1-3-12(6-11)9-17-14-4-5-15-13(7-14)10-18-19-15/h1-7,10,17H,9H2,(H,18,19). The van der Waals surface area contributed by atoms with Crippen LogP contribution in [0.15, 0.2) is 48.7 Å². The van der Waals surface area contributed by atoms with Gasteiger partial charge < -0.3 is 5.32 Å². The van der Waals surface area contributed by atoms with Gasteiger partial charge in [0.25, 0.3) is 0 Å². The molecule has 0 bridgehead atoms. The van der Waals surface area contributed by atoms with Crippen LogP contribution in [0.25, 0.3) is 10.9 Å². The number of benzene rings is 2. The van der Waals surface area contributed by atoms with Gasteiger partial charge in [-0.3, -0.25) is 5.10 Å². The molecule has 1 aromatic heterocycles. The van der Waals surface area contributed by atoms with Crippen LogP contribution in [0, 0.1) is 11.3 Å². The SMILES string of the molecule is N#Cc1cccc(CNc2ccc3[nH]ncc3c2)c1. The average molecular weight is 248 g/mol. The Bertz CT molecular complexity index is 752. The highest BCUT2D eigenvalue weighted by Gasteiger charge is 1.99. The second kappa shape index (κ2) is 4.83. The molecule has 3 rings (SSSR count). The lowest BCUT2D eigenvalue weighted by molar-refractivity contribution is 1.12. The highest BCUT2D eigenvalue weighted by Crippen LogP contribution is 2.17. The van der Waals surface area contributed by atoms with Crippen LogP contribution in [0.3, 0.4) is 0 Å².